The molecule has 0 fully saturated rings. The molecule has 0 saturated heterocycles. The second kappa shape index (κ2) is 6.46. The van der Waals surface area contributed by atoms with E-state index in [0.717, 1.165) is 5.52 Å². The fourth-order valence-corrected chi connectivity index (χ4v) is 3.22. The molecule has 1 aliphatic rings. The van der Waals surface area contributed by atoms with Crippen molar-refractivity contribution in [3.8, 4) is 22.6 Å². The molecule has 0 spiro atoms. The van der Waals surface area contributed by atoms with E-state index in [1.54, 1.807) is 18.2 Å². The fourth-order valence-electron chi connectivity index (χ4n) is 3.22. The fraction of sp³-hybridized carbons (Fsp3) is 0.238. The van der Waals surface area contributed by atoms with E-state index in [9.17, 15) is 9.59 Å². The van der Waals surface area contributed by atoms with E-state index < -0.39 is 0 Å². The van der Waals surface area contributed by atoms with Gasteiger partial charge in [0.1, 0.15) is 5.82 Å². The number of aryl methyl sites for hydroxylation is 1. The van der Waals surface area contributed by atoms with Gasteiger partial charge in [0.15, 0.2) is 16.9 Å². The number of carbonyl (C=O) groups is 1. The number of aromatic nitrogens is 1. The van der Waals surface area contributed by atoms with E-state index in [1.165, 1.54) is 0 Å². The van der Waals surface area contributed by atoms with Crippen molar-refractivity contribution in [3.63, 3.8) is 0 Å². The molecule has 0 radical (unpaired) electrons. The Kier molecular flexibility index (Phi) is 4.11. The lowest BCUT2D eigenvalue weighted by Gasteiger charge is -2.19. The van der Waals surface area contributed by atoms with E-state index in [-0.39, 0.29) is 24.0 Å². The average molecular weight is 364 g/mol. The van der Waals surface area contributed by atoms with Crippen LogP contribution in [0.4, 0.5) is 5.82 Å². The molecule has 2 aromatic carbocycles. The molecular formula is C21H20N2O4. The lowest BCUT2D eigenvalue weighted by molar-refractivity contribution is -0.118. The van der Waals surface area contributed by atoms with Crippen LogP contribution in [-0.2, 0) is 11.8 Å². The molecule has 3 aromatic rings. The van der Waals surface area contributed by atoms with Crippen LogP contribution in [0.3, 0.4) is 0 Å². The van der Waals surface area contributed by atoms with E-state index in [2.05, 4.69) is 5.32 Å². The van der Waals surface area contributed by atoms with Crippen LogP contribution in [0.25, 0.3) is 22.0 Å². The van der Waals surface area contributed by atoms with Gasteiger partial charge in [-0.05, 0) is 29.8 Å². The van der Waals surface area contributed by atoms with Crippen LogP contribution in [0, 0.1) is 5.92 Å². The number of amides is 1. The van der Waals surface area contributed by atoms with Crippen LogP contribution in [0.5, 0.6) is 11.5 Å². The number of benzene rings is 2. The van der Waals surface area contributed by atoms with Gasteiger partial charge in [0.25, 0.3) is 0 Å². The summed E-state index contributed by atoms with van der Waals surface area (Å²) in [5, 5.41) is 3.52. The maximum absolute atomic E-state index is 13.3. The molecule has 0 bridgehead atoms. The predicted octanol–water partition coefficient (Wildman–Crippen LogP) is 3.53. The maximum atomic E-state index is 13.3. The lowest BCUT2D eigenvalue weighted by atomic mass is 10.0. The summed E-state index contributed by atoms with van der Waals surface area (Å²) in [7, 11) is 1.84. The van der Waals surface area contributed by atoms with Gasteiger partial charge in [-0.3, -0.25) is 9.59 Å². The SMILES string of the molecule is CC(C)C(=O)Nc1c(-c2ccc3c(c2)OCO3)c(=O)c2ccccc2n1C. The molecule has 6 nitrogen and oxygen atoms in total. The van der Waals surface area contributed by atoms with E-state index in [0.29, 0.717) is 33.8 Å². The molecule has 0 aliphatic carbocycles. The highest BCUT2D eigenvalue weighted by molar-refractivity contribution is 5.99. The molecule has 138 valence electrons. The highest BCUT2D eigenvalue weighted by atomic mass is 16.7. The monoisotopic (exact) mass is 364 g/mol. The minimum atomic E-state index is -0.212. The Morgan fingerprint density at radius 2 is 1.85 bits per heavy atom. The second-order valence-electron chi connectivity index (χ2n) is 6.84. The number of hydrogen-bond donors (Lipinski definition) is 1. The largest absolute Gasteiger partial charge is 0.454 e. The third-order valence-electron chi connectivity index (χ3n) is 4.74. The third kappa shape index (κ3) is 2.83. The van der Waals surface area contributed by atoms with Crippen LogP contribution in [0.1, 0.15) is 13.8 Å². The second-order valence-corrected chi connectivity index (χ2v) is 6.84. The number of carbonyl (C=O) groups excluding carboxylic acids is 1. The molecule has 2 heterocycles. The number of ether oxygens (including phenoxy) is 2. The summed E-state index contributed by atoms with van der Waals surface area (Å²) in [4.78, 5) is 25.7. The van der Waals surface area contributed by atoms with Crippen LogP contribution in [-0.4, -0.2) is 17.3 Å². The molecule has 1 aromatic heterocycles. The minimum absolute atomic E-state index is 0.137. The first-order valence-electron chi connectivity index (χ1n) is 8.80. The summed E-state index contributed by atoms with van der Waals surface area (Å²) in [6.07, 6.45) is 0. The first kappa shape index (κ1) is 17.1. The minimum Gasteiger partial charge on any atom is -0.454 e. The van der Waals surface area contributed by atoms with Gasteiger partial charge in [-0.25, -0.2) is 0 Å². The molecule has 0 unspecified atom stereocenters. The molecule has 4 rings (SSSR count). The Morgan fingerprint density at radius 1 is 1.11 bits per heavy atom. The zero-order valence-corrected chi connectivity index (χ0v) is 15.4. The number of para-hydroxylation sites is 1. The first-order valence-corrected chi connectivity index (χ1v) is 8.80. The molecular weight excluding hydrogens is 344 g/mol. The number of nitrogens with one attached hydrogen (secondary N) is 1. The van der Waals surface area contributed by atoms with Gasteiger partial charge in [0.2, 0.25) is 12.7 Å². The summed E-state index contributed by atoms with van der Waals surface area (Å²) >= 11 is 0. The molecule has 1 amide bonds. The standard InChI is InChI=1S/C21H20N2O4/c1-12(2)21(25)22-20-18(13-8-9-16-17(10-13)27-11-26-16)19(24)14-6-4-5-7-15(14)23(20)3/h4-10,12H,11H2,1-3H3,(H,22,25). The van der Waals surface area contributed by atoms with Gasteiger partial charge in [-0.15, -0.1) is 0 Å². The third-order valence-corrected chi connectivity index (χ3v) is 4.74. The van der Waals surface area contributed by atoms with Crippen LogP contribution in [0.15, 0.2) is 47.3 Å². The summed E-state index contributed by atoms with van der Waals surface area (Å²) in [6, 6.07) is 12.7. The van der Waals surface area contributed by atoms with Crippen molar-refractivity contribution in [2.75, 3.05) is 12.1 Å². The van der Waals surface area contributed by atoms with Crippen molar-refractivity contribution in [2.45, 2.75) is 13.8 Å². The van der Waals surface area contributed by atoms with Crippen molar-refractivity contribution in [1.82, 2.24) is 4.57 Å². The van der Waals surface area contributed by atoms with E-state index >= 15 is 0 Å². The summed E-state index contributed by atoms with van der Waals surface area (Å²) in [5.41, 5.74) is 1.72. The first-order chi connectivity index (χ1) is 13.0. The Balaban J connectivity index is 2.01. The van der Waals surface area contributed by atoms with Crippen LogP contribution >= 0.6 is 0 Å². The van der Waals surface area contributed by atoms with Gasteiger partial charge in [0.05, 0.1) is 11.1 Å². The van der Waals surface area contributed by atoms with E-state index in [1.807, 2.05) is 49.7 Å². The van der Waals surface area contributed by atoms with Gasteiger partial charge >= 0.3 is 0 Å². The number of pyridine rings is 1. The summed E-state index contributed by atoms with van der Waals surface area (Å²) < 4.78 is 12.7. The Bertz CT molecular complexity index is 1120. The maximum Gasteiger partial charge on any atom is 0.231 e. The lowest BCUT2D eigenvalue weighted by Crippen LogP contribution is -2.24. The van der Waals surface area contributed by atoms with Crippen molar-refractivity contribution in [3.05, 3.63) is 52.7 Å². The predicted molar refractivity (Wildman–Crippen MR) is 104 cm³/mol. The quantitative estimate of drug-likeness (QED) is 0.772. The van der Waals surface area contributed by atoms with Gasteiger partial charge in [0, 0.05) is 18.4 Å². The highest BCUT2D eigenvalue weighted by Gasteiger charge is 2.22. The Hall–Kier alpha value is -3.28. The van der Waals surface area contributed by atoms with Crippen molar-refractivity contribution >= 4 is 22.6 Å². The molecule has 0 atom stereocenters. The zero-order chi connectivity index (χ0) is 19.1. The molecule has 27 heavy (non-hydrogen) atoms. The van der Waals surface area contributed by atoms with Crippen LogP contribution in [0.2, 0.25) is 0 Å². The molecule has 1 aliphatic heterocycles. The topological polar surface area (TPSA) is 69.6 Å². The van der Waals surface area contributed by atoms with Crippen molar-refractivity contribution in [2.24, 2.45) is 13.0 Å². The van der Waals surface area contributed by atoms with Gasteiger partial charge in [-0.2, -0.15) is 0 Å². The van der Waals surface area contributed by atoms with Gasteiger partial charge < -0.3 is 19.4 Å². The van der Waals surface area contributed by atoms with E-state index in [4.69, 9.17) is 9.47 Å². The van der Waals surface area contributed by atoms with Crippen molar-refractivity contribution < 1.29 is 14.3 Å². The Labute approximate surface area is 156 Å². The normalized spacial score (nSPS) is 12.6. The number of anilines is 1. The van der Waals surface area contributed by atoms with Gasteiger partial charge in [-0.1, -0.05) is 32.0 Å². The average Bonchev–Trinajstić information content (AvgIpc) is 3.13. The Morgan fingerprint density at radius 3 is 2.63 bits per heavy atom. The number of hydrogen-bond acceptors (Lipinski definition) is 4. The number of rotatable bonds is 3. The summed E-state index contributed by atoms with van der Waals surface area (Å²) in [5.74, 6) is 1.34. The zero-order valence-electron chi connectivity index (χ0n) is 15.4. The number of nitrogens with zero attached hydrogens (tertiary/aromatic N) is 1. The highest BCUT2D eigenvalue weighted by Crippen LogP contribution is 2.37. The number of fused-ring (bicyclic) bond motifs is 2. The van der Waals surface area contributed by atoms with Crippen LogP contribution < -0.4 is 20.2 Å². The molecule has 0 saturated carbocycles. The summed E-state index contributed by atoms with van der Waals surface area (Å²) in [6.45, 7) is 3.79. The van der Waals surface area contributed by atoms with Crippen molar-refractivity contribution in [1.29, 1.82) is 0 Å². The molecule has 6 heteroatoms. The smallest absolute Gasteiger partial charge is 0.231 e. The molecule has 1 N–H and O–H groups in total.